The fraction of sp³-hybridized carbons (Fsp3) is 0.143. The van der Waals surface area contributed by atoms with Gasteiger partial charge in [-0.3, -0.25) is 9.78 Å². The summed E-state index contributed by atoms with van der Waals surface area (Å²) >= 11 is 0. The van der Waals surface area contributed by atoms with E-state index in [1.165, 1.54) is 0 Å². The van der Waals surface area contributed by atoms with Gasteiger partial charge in [0.05, 0.1) is 6.61 Å². The first-order valence-electron chi connectivity index (χ1n) is 2.92. The van der Waals surface area contributed by atoms with Crippen molar-refractivity contribution in [1.29, 1.82) is 0 Å². The molecule has 0 aliphatic heterocycles. The Labute approximate surface area is 64.1 Å². The Morgan fingerprint density at radius 2 is 2.27 bits per heavy atom. The van der Waals surface area contributed by atoms with Crippen molar-refractivity contribution in [3.63, 3.8) is 0 Å². The number of hydrogen-bond acceptors (Lipinski definition) is 3. The van der Waals surface area contributed by atoms with Crippen LogP contribution in [0.15, 0.2) is 24.5 Å². The number of carboxylic acid groups (broad SMARTS) is 1. The van der Waals surface area contributed by atoms with E-state index in [1.807, 2.05) is 6.07 Å². The molecular weight excluding hydrogens is 146 g/mol. The van der Waals surface area contributed by atoms with E-state index in [2.05, 4.69) is 4.98 Å². The van der Waals surface area contributed by atoms with Crippen LogP contribution in [-0.2, 0) is 11.4 Å². The van der Waals surface area contributed by atoms with Crippen LogP contribution in [-0.4, -0.2) is 21.7 Å². The van der Waals surface area contributed by atoms with E-state index in [4.69, 9.17) is 15.0 Å². The third-order valence-corrected chi connectivity index (χ3v) is 0.905. The van der Waals surface area contributed by atoms with Gasteiger partial charge >= 0.3 is 0 Å². The Bertz CT molecular complexity index is 188. The van der Waals surface area contributed by atoms with Gasteiger partial charge in [0.1, 0.15) is 0 Å². The molecule has 11 heavy (non-hydrogen) atoms. The number of carbonyl (C=O) groups is 1. The molecule has 0 radical (unpaired) electrons. The largest absolute Gasteiger partial charge is 0.483 e. The summed E-state index contributed by atoms with van der Waals surface area (Å²) in [5.74, 6) is 0. The maximum absolute atomic E-state index is 8.50. The van der Waals surface area contributed by atoms with Crippen molar-refractivity contribution in [2.75, 3.05) is 0 Å². The Kier molecular flexibility index (Phi) is 5.83. The molecule has 0 aromatic carbocycles. The first-order valence-corrected chi connectivity index (χ1v) is 2.92. The zero-order chi connectivity index (χ0) is 8.53. The molecule has 2 N–H and O–H groups in total. The second kappa shape index (κ2) is 6.70. The molecule has 60 valence electrons. The van der Waals surface area contributed by atoms with E-state index in [9.17, 15) is 0 Å². The average molecular weight is 155 g/mol. The molecule has 1 aromatic heterocycles. The molecule has 4 heteroatoms. The third kappa shape index (κ3) is 5.05. The van der Waals surface area contributed by atoms with Crippen LogP contribution in [0.3, 0.4) is 0 Å². The molecule has 0 aliphatic carbocycles. The Hall–Kier alpha value is -1.42. The van der Waals surface area contributed by atoms with Gasteiger partial charge in [-0.15, -0.1) is 0 Å². The molecule has 0 fully saturated rings. The second-order valence-corrected chi connectivity index (χ2v) is 1.62. The lowest BCUT2D eigenvalue weighted by atomic mass is 10.3. The van der Waals surface area contributed by atoms with E-state index < -0.39 is 0 Å². The van der Waals surface area contributed by atoms with Crippen molar-refractivity contribution in [3.05, 3.63) is 30.1 Å². The first kappa shape index (κ1) is 9.58. The zero-order valence-corrected chi connectivity index (χ0v) is 5.84. The smallest absolute Gasteiger partial charge is 0.290 e. The predicted octanol–water partition coefficient (Wildman–Crippen LogP) is 0.275. The van der Waals surface area contributed by atoms with Gasteiger partial charge in [-0.25, -0.2) is 0 Å². The number of pyridine rings is 1. The molecule has 0 amide bonds. The number of hydrogen-bond donors (Lipinski definition) is 2. The zero-order valence-electron chi connectivity index (χ0n) is 5.84. The van der Waals surface area contributed by atoms with Crippen LogP contribution in [0, 0.1) is 0 Å². The van der Waals surface area contributed by atoms with Gasteiger partial charge in [0.25, 0.3) is 6.47 Å². The van der Waals surface area contributed by atoms with Crippen molar-refractivity contribution in [2.24, 2.45) is 0 Å². The fourth-order valence-electron chi connectivity index (χ4n) is 0.492. The molecule has 0 atom stereocenters. The normalized spacial score (nSPS) is 7.73. The summed E-state index contributed by atoms with van der Waals surface area (Å²) in [7, 11) is 0. The molecule has 1 aromatic rings. The maximum atomic E-state index is 8.50. The van der Waals surface area contributed by atoms with Crippen molar-refractivity contribution in [2.45, 2.75) is 6.61 Å². The summed E-state index contributed by atoms with van der Waals surface area (Å²) in [5, 5.41) is 15.4. The SMILES string of the molecule is O=CO.OCc1cccnc1. The summed E-state index contributed by atoms with van der Waals surface area (Å²) in [5.41, 5.74) is 0.854. The molecule has 0 saturated heterocycles. The summed E-state index contributed by atoms with van der Waals surface area (Å²) in [6, 6.07) is 3.62. The second-order valence-electron chi connectivity index (χ2n) is 1.62. The fourth-order valence-corrected chi connectivity index (χ4v) is 0.492. The number of nitrogens with zero attached hydrogens (tertiary/aromatic N) is 1. The van der Waals surface area contributed by atoms with Crippen LogP contribution < -0.4 is 0 Å². The average Bonchev–Trinajstić information content (AvgIpc) is 2.08. The Balaban J connectivity index is 0.000000292. The van der Waals surface area contributed by atoms with Crippen molar-refractivity contribution < 1.29 is 15.0 Å². The van der Waals surface area contributed by atoms with Crippen LogP contribution in [0.4, 0.5) is 0 Å². The Morgan fingerprint density at radius 1 is 1.64 bits per heavy atom. The summed E-state index contributed by atoms with van der Waals surface area (Å²) in [6.07, 6.45) is 3.32. The molecule has 0 unspecified atom stereocenters. The molecule has 1 heterocycles. The van der Waals surface area contributed by atoms with Gasteiger partial charge in [0.15, 0.2) is 0 Å². The van der Waals surface area contributed by atoms with E-state index in [0.29, 0.717) is 0 Å². The molecule has 0 aliphatic rings. The van der Waals surface area contributed by atoms with Crippen molar-refractivity contribution >= 4 is 6.47 Å². The monoisotopic (exact) mass is 155 g/mol. The van der Waals surface area contributed by atoms with E-state index >= 15 is 0 Å². The topological polar surface area (TPSA) is 70.4 Å². The highest BCUT2D eigenvalue weighted by Crippen LogP contribution is 1.92. The van der Waals surface area contributed by atoms with Crippen LogP contribution in [0.1, 0.15) is 5.56 Å². The number of aromatic nitrogens is 1. The van der Waals surface area contributed by atoms with E-state index in [-0.39, 0.29) is 13.1 Å². The summed E-state index contributed by atoms with van der Waals surface area (Å²) < 4.78 is 0. The van der Waals surface area contributed by atoms with Crippen LogP contribution >= 0.6 is 0 Å². The standard InChI is InChI=1S/C6H7NO.CH2O2/c8-5-6-2-1-3-7-4-6;2-1-3/h1-4,8H,5H2;1H,(H,2,3). The van der Waals surface area contributed by atoms with Crippen LogP contribution in [0.5, 0.6) is 0 Å². The van der Waals surface area contributed by atoms with Crippen LogP contribution in [0.2, 0.25) is 0 Å². The highest BCUT2D eigenvalue weighted by molar-refractivity contribution is 5.32. The number of rotatable bonds is 1. The minimum absolute atomic E-state index is 0.0772. The molecule has 1 rings (SSSR count). The minimum atomic E-state index is -0.250. The molecule has 4 nitrogen and oxygen atoms in total. The predicted molar refractivity (Wildman–Crippen MR) is 38.9 cm³/mol. The number of aliphatic hydroxyl groups excluding tert-OH is 1. The minimum Gasteiger partial charge on any atom is -0.483 e. The maximum Gasteiger partial charge on any atom is 0.290 e. The lowest BCUT2D eigenvalue weighted by Crippen LogP contribution is -1.80. The third-order valence-electron chi connectivity index (χ3n) is 0.905. The van der Waals surface area contributed by atoms with E-state index in [1.54, 1.807) is 18.5 Å². The molecular formula is C7H9NO3. The molecule has 0 saturated carbocycles. The van der Waals surface area contributed by atoms with Gasteiger partial charge < -0.3 is 10.2 Å². The van der Waals surface area contributed by atoms with E-state index in [0.717, 1.165) is 5.56 Å². The summed E-state index contributed by atoms with van der Waals surface area (Å²) in [4.78, 5) is 12.2. The first-order chi connectivity index (χ1) is 5.35. The quantitative estimate of drug-likeness (QED) is 0.571. The van der Waals surface area contributed by atoms with Gasteiger partial charge in [-0.1, -0.05) is 6.07 Å². The lowest BCUT2D eigenvalue weighted by Gasteiger charge is -1.88. The van der Waals surface area contributed by atoms with Gasteiger partial charge in [-0.05, 0) is 11.6 Å². The molecule has 0 spiro atoms. The number of aliphatic hydroxyl groups is 1. The lowest BCUT2D eigenvalue weighted by molar-refractivity contribution is -0.122. The Morgan fingerprint density at radius 3 is 2.55 bits per heavy atom. The van der Waals surface area contributed by atoms with Gasteiger partial charge in [-0.2, -0.15) is 0 Å². The van der Waals surface area contributed by atoms with Gasteiger partial charge in [0, 0.05) is 12.4 Å². The highest BCUT2D eigenvalue weighted by atomic mass is 16.3. The van der Waals surface area contributed by atoms with Crippen molar-refractivity contribution in [3.8, 4) is 0 Å². The highest BCUT2D eigenvalue weighted by Gasteiger charge is 1.82. The van der Waals surface area contributed by atoms with Gasteiger partial charge in [0.2, 0.25) is 0 Å². The van der Waals surface area contributed by atoms with Crippen molar-refractivity contribution in [1.82, 2.24) is 4.98 Å². The molecule has 0 bridgehead atoms. The van der Waals surface area contributed by atoms with Crippen LogP contribution in [0.25, 0.3) is 0 Å². The summed E-state index contributed by atoms with van der Waals surface area (Å²) in [6.45, 7) is -0.173.